The average molecular weight is 239 g/mol. The van der Waals surface area contributed by atoms with Gasteiger partial charge in [0.1, 0.15) is 5.75 Å². The minimum absolute atomic E-state index is 0.0219. The highest BCUT2D eigenvalue weighted by molar-refractivity contribution is 5.49. The molecule has 0 unspecified atom stereocenters. The van der Waals surface area contributed by atoms with Crippen LogP contribution in [0.1, 0.15) is 26.3 Å². The van der Waals surface area contributed by atoms with Gasteiger partial charge in [0.2, 0.25) is 0 Å². The summed E-state index contributed by atoms with van der Waals surface area (Å²) in [6.45, 7) is 5.85. The van der Waals surface area contributed by atoms with Gasteiger partial charge in [0.25, 0.3) is 5.69 Å². The lowest BCUT2D eigenvalue weighted by Crippen LogP contribution is -2.19. The molecule has 0 spiro atoms. The first-order valence-corrected chi connectivity index (χ1v) is 5.29. The zero-order valence-electron chi connectivity index (χ0n) is 10.5. The maximum absolute atomic E-state index is 10.9. The maximum Gasteiger partial charge on any atom is 0.278 e. The Morgan fingerprint density at radius 1 is 1.35 bits per heavy atom. The fraction of sp³-hybridized carbons (Fsp3) is 0.500. The Labute approximate surface area is 101 Å². The van der Waals surface area contributed by atoms with Crippen LogP contribution in [0.5, 0.6) is 5.75 Å². The molecular formula is C12H17NO4. The molecule has 1 rings (SSSR count). The van der Waals surface area contributed by atoms with Crippen molar-refractivity contribution in [3.8, 4) is 5.75 Å². The number of benzene rings is 1. The van der Waals surface area contributed by atoms with Crippen molar-refractivity contribution in [3.05, 3.63) is 33.9 Å². The highest BCUT2D eigenvalue weighted by Crippen LogP contribution is 2.29. The summed E-state index contributed by atoms with van der Waals surface area (Å²) in [6, 6.07) is 4.73. The summed E-state index contributed by atoms with van der Waals surface area (Å²) in [6.07, 6.45) is 0. The number of methoxy groups -OCH3 is 1. The lowest BCUT2D eigenvalue weighted by molar-refractivity contribution is -0.386. The average Bonchev–Trinajstić information content (AvgIpc) is 2.24. The van der Waals surface area contributed by atoms with Crippen molar-refractivity contribution in [2.45, 2.75) is 33.0 Å². The predicted molar refractivity (Wildman–Crippen MR) is 64.2 cm³/mol. The molecule has 0 radical (unpaired) electrons. The monoisotopic (exact) mass is 239 g/mol. The number of ether oxygens (including phenoxy) is 2. The zero-order valence-corrected chi connectivity index (χ0v) is 10.5. The molecule has 1 aromatic rings. The van der Waals surface area contributed by atoms with Gasteiger partial charge in [-0.25, -0.2) is 0 Å². The first kappa shape index (κ1) is 13.4. The van der Waals surface area contributed by atoms with Crippen LogP contribution in [-0.2, 0) is 11.3 Å². The standard InChI is InChI=1S/C12H17NO4/c1-12(2,3)17-8-9-10(13(14)15)6-5-7-11(9)16-4/h5-7H,8H2,1-4H3. The topological polar surface area (TPSA) is 61.6 Å². The van der Waals surface area contributed by atoms with E-state index < -0.39 is 4.92 Å². The second-order valence-corrected chi connectivity index (χ2v) is 4.62. The lowest BCUT2D eigenvalue weighted by Gasteiger charge is -2.20. The fourth-order valence-corrected chi connectivity index (χ4v) is 1.35. The minimum atomic E-state index is -0.427. The van der Waals surface area contributed by atoms with E-state index in [4.69, 9.17) is 9.47 Å². The van der Waals surface area contributed by atoms with Gasteiger partial charge in [0, 0.05) is 6.07 Å². The van der Waals surface area contributed by atoms with Crippen LogP contribution >= 0.6 is 0 Å². The second kappa shape index (κ2) is 5.14. The van der Waals surface area contributed by atoms with Crippen LogP contribution < -0.4 is 4.74 Å². The first-order valence-electron chi connectivity index (χ1n) is 5.29. The summed E-state index contributed by atoms with van der Waals surface area (Å²) in [5, 5.41) is 10.9. The third-order valence-corrected chi connectivity index (χ3v) is 2.17. The van der Waals surface area contributed by atoms with Crippen LogP contribution in [0.3, 0.4) is 0 Å². The highest BCUT2D eigenvalue weighted by Gasteiger charge is 2.20. The van der Waals surface area contributed by atoms with E-state index in [0.29, 0.717) is 11.3 Å². The molecule has 0 fully saturated rings. The molecule has 0 N–H and O–H groups in total. The molecule has 0 amide bonds. The summed E-state index contributed by atoms with van der Waals surface area (Å²) >= 11 is 0. The lowest BCUT2D eigenvalue weighted by atomic mass is 10.1. The number of hydrogen-bond donors (Lipinski definition) is 0. The molecule has 94 valence electrons. The summed E-state index contributed by atoms with van der Waals surface area (Å²) in [5.41, 5.74) is 0.137. The second-order valence-electron chi connectivity index (χ2n) is 4.62. The number of nitro groups is 1. The molecule has 0 aromatic heterocycles. The number of rotatable bonds is 4. The van der Waals surface area contributed by atoms with Crippen molar-refractivity contribution in [2.24, 2.45) is 0 Å². The summed E-state index contributed by atoms with van der Waals surface area (Å²) in [7, 11) is 1.49. The van der Waals surface area contributed by atoms with Crippen molar-refractivity contribution >= 4 is 5.69 Å². The Hall–Kier alpha value is -1.62. The number of hydrogen-bond acceptors (Lipinski definition) is 4. The molecule has 0 saturated heterocycles. The Kier molecular flexibility index (Phi) is 4.07. The largest absolute Gasteiger partial charge is 0.496 e. The van der Waals surface area contributed by atoms with E-state index in [1.54, 1.807) is 12.1 Å². The van der Waals surface area contributed by atoms with Crippen molar-refractivity contribution in [3.63, 3.8) is 0 Å². The SMILES string of the molecule is COc1cccc([N+](=O)[O-])c1COC(C)(C)C. The van der Waals surface area contributed by atoms with E-state index >= 15 is 0 Å². The zero-order chi connectivity index (χ0) is 13.1. The van der Waals surface area contributed by atoms with Crippen LogP contribution in [-0.4, -0.2) is 17.6 Å². The molecule has 5 nitrogen and oxygen atoms in total. The molecule has 0 aliphatic rings. The minimum Gasteiger partial charge on any atom is -0.496 e. The normalized spacial score (nSPS) is 11.3. The third kappa shape index (κ3) is 3.71. The molecule has 5 heteroatoms. The van der Waals surface area contributed by atoms with Crippen LogP contribution in [0.2, 0.25) is 0 Å². The molecule has 0 atom stereocenters. The van der Waals surface area contributed by atoms with Crippen molar-refractivity contribution in [1.29, 1.82) is 0 Å². The van der Waals surface area contributed by atoms with Gasteiger partial charge in [0.15, 0.2) is 0 Å². The van der Waals surface area contributed by atoms with Crippen LogP contribution in [0.15, 0.2) is 18.2 Å². The predicted octanol–water partition coefficient (Wildman–Crippen LogP) is 2.92. The smallest absolute Gasteiger partial charge is 0.278 e. The number of nitro benzene ring substituents is 1. The molecular weight excluding hydrogens is 222 g/mol. The molecule has 0 saturated carbocycles. The molecule has 0 aliphatic heterocycles. The van der Waals surface area contributed by atoms with E-state index in [-0.39, 0.29) is 17.9 Å². The van der Waals surface area contributed by atoms with Crippen LogP contribution in [0, 0.1) is 10.1 Å². The summed E-state index contributed by atoms with van der Waals surface area (Å²) in [4.78, 5) is 10.5. The quantitative estimate of drug-likeness (QED) is 0.598. The first-order chi connectivity index (χ1) is 7.85. The van der Waals surface area contributed by atoms with E-state index in [1.165, 1.54) is 13.2 Å². The van der Waals surface area contributed by atoms with Gasteiger partial charge in [0.05, 0.1) is 29.8 Å². The van der Waals surface area contributed by atoms with Gasteiger partial charge < -0.3 is 9.47 Å². The molecule has 0 bridgehead atoms. The summed E-state index contributed by atoms with van der Waals surface area (Å²) < 4.78 is 10.7. The van der Waals surface area contributed by atoms with Gasteiger partial charge in [-0.1, -0.05) is 6.07 Å². The van der Waals surface area contributed by atoms with Crippen LogP contribution in [0.4, 0.5) is 5.69 Å². The molecule has 1 aromatic carbocycles. The molecule has 0 aliphatic carbocycles. The van der Waals surface area contributed by atoms with Crippen molar-refractivity contribution in [1.82, 2.24) is 0 Å². The highest BCUT2D eigenvalue weighted by atomic mass is 16.6. The Morgan fingerprint density at radius 3 is 2.47 bits per heavy atom. The van der Waals surface area contributed by atoms with E-state index in [9.17, 15) is 10.1 Å². The van der Waals surface area contributed by atoms with Gasteiger partial charge in [-0.2, -0.15) is 0 Å². The fourth-order valence-electron chi connectivity index (χ4n) is 1.35. The molecule has 0 heterocycles. The van der Waals surface area contributed by atoms with E-state index in [0.717, 1.165) is 0 Å². The van der Waals surface area contributed by atoms with Gasteiger partial charge in [-0.3, -0.25) is 10.1 Å². The third-order valence-electron chi connectivity index (χ3n) is 2.17. The Balaban J connectivity index is 3.05. The maximum atomic E-state index is 10.9. The van der Waals surface area contributed by atoms with E-state index in [2.05, 4.69) is 0 Å². The molecule has 17 heavy (non-hydrogen) atoms. The van der Waals surface area contributed by atoms with Crippen molar-refractivity contribution in [2.75, 3.05) is 7.11 Å². The van der Waals surface area contributed by atoms with Crippen molar-refractivity contribution < 1.29 is 14.4 Å². The Bertz CT molecular complexity index is 409. The van der Waals surface area contributed by atoms with Gasteiger partial charge in [-0.05, 0) is 26.8 Å². The summed E-state index contributed by atoms with van der Waals surface area (Å²) in [5.74, 6) is 0.475. The van der Waals surface area contributed by atoms with Gasteiger partial charge >= 0.3 is 0 Å². The van der Waals surface area contributed by atoms with Gasteiger partial charge in [-0.15, -0.1) is 0 Å². The van der Waals surface area contributed by atoms with Crippen LogP contribution in [0.25, 0.3) is 0 Å². The van der Waals surface area contributed by atoms with E-state index in [1.807, 2.05) is 20.8 Å². The Morgan fingerprint density at radius 2 is 2.00 bits per heavy atom. The number of nitrogens with zero attached hydrogens (tertiary/aromatic N) is 1.